The fourth-order valence-corrected chi connectivity index (χ4v) is 3.47. The lowest BCUT2D eigenvalue weighted by Crippen LogP contribution is -2.58. The van der Waals surface area contributed by atoms with Gasteiger partial charge in [0.25, 0.3) is 0 Å². The molecule has 6 heteroatoms. The van der Waals surface area contributed by atoms with Gasteiger partial charge in [0.05, 0.1) is 0 Å². The van der Waals surface area contributed by atoms with Crippen molar-refractivity contribution in [3.63, 3.8) is 0 Å². The Hall–Kier alpha value is -2.53. The minimum atomic E-state index is -0.906. The third-order valence-electron chi connectivity index (χ3n) is 4.61. The Kier molecular flexibility index (Phi) is 5.78. The van der Waals surface area contributed by atoms with Crippen LogP contribution in [0.25, 0.3) is 0 Å². The normalized spacial score (nSPS) is 15.7. The predicted octanol–water partition coefficient (Wildman–Crippen LogP) is 4.80. The smallest absolute Gasteiger partial charge is 0.320 e. The summed E-state index contributed by atoms with van der Waals surface area (Å²) in [4.78, 5) is 25.5. The van der Waals surface area contributed by atoms with E-state index in [2.05, 4.69) is 16.0 Å². The molecule has 0 atom stereocenters. The molecule has 136 valence electrons. The van der Waals surface area contributed by atoms with Crippen molar-refractivity contribution in [2.24, 2.45) is 0 Å². The summed E-state index contributed by atoms with van der Waals surface area (Å²) < 4.78 is 0. The van der Waals surface area contributed by atoms with Gasteiger partial charge in [-0.05, 0) is 43.2 Å². The van der Waals surface area contributed by atoms with E-state index in [0.29, 0.717) is 23.6 Å². The Morgan fingerprint density at radius 2 is 1.54 bits per heavy atom. The molecule has 2 aromatic rings. The van der Waals surface area contributed by atoms with Gasteiger partial charge in [-0.1, -0.05) is 55.1 Å². The Labute approximate surface area is 158 Å². The standard InChI is InChI=1S/C20H22ClN3O2/c21-15-8-7-11-17(14-15)23-19(26)24-20(12-5-2-6-13-20)18(25)22-16-9-3-1-4-10-16/h1,3-4,7-11,14H,2,5-6,12-13H2,(H,22,25)(H2,23,24,26). The molecule has 0 radical (unpaired) electrons. The number of carbonyl (C=O) groups is 2. The average Bonchev–Trinajstić information content (AvgIpc) is 2.63. The Morgan fingerprint density at radius 1 is 0.846 bits per heavy atom. The summed E-state index contributed by atoms with van der Waals surface area (Å²) in [5.41, 5.74) is 0.403. The minimum Gasteiger partial charge on any atom is -0.324 e. The molecule has 3 rings (SSSR count). The van der Waals surface area contributed by atoms with Crippen LogP contribution in [0.2, 0.25) is 5.02 Å². The molecule has 0 aromatic heterocycles. The number of para-hydroxylation sites is 1. The van der Waals surface area contributed by atoms with Crippen molar-refractivity contribution in [3.05, 3.63) is 59.6 Å². The number of halogens is 1. The fourth-order valence-electron chi connectivity index (χ4n) is 3.28. The van der Waals surface area contributed by atoms with E-state index in [4.69, 9.17) is 11.6 Å². The van der Waals surface area contributed by atoms with E-state index in [1.165, 1.54) is 0 Å². The molecule has 0 spiro atoms. The highest BCUT2D eigenvalue weighted by atomic mass is 35.5. The monoisotopic (exact) mass is 371 g/mol. The molecule has 3 N–H and O–H groups in total. The molecule has 0 saturated heterocycles. The molecule has 5 nitrogen and oxygen atoms in total. The van der Waals surface area contributed by atoms with Crippen LogP contribution in [0, 0.1) is 0 Å². The predicted molar refractivity (Wildman–Crippen MR) is 104 cm³/mol. The summed E-state index contributed by atoms with van der Waals surface area (Å²) in [7, 11) is 0. The summed E-state index contributed by atoms with van der Waals surface area (Å²) in [6, 6.07) is 15.8. The summed E-state index contributed by atoms with van der Waals surface area (Å²) in [5.74, 6) is -0.176. The van der Waals surface area contributed by atoms with Gasteiger partial charge in [0, 0.05) is 16.4 Å². The number of nitrogens with one attached hydrogen (secondary N) is 3. The second-order valence-electron chi connectivity index (χ2n) is 6.55. The van der Waals surface area contributed by atoms with E-state index in [-0.39, 0.29) is 5.91 Å². The molecule has 26 heavy (non-hydrogen) atoms. The van der Waals surface area contributed by atoms with Gasteiger partial charge in [0.2, 0.25) is 5.91 Å². The van der Waals surface area contributed by atoms with Crippen molar-refractivity contribution in [2.75, 3.05) is 10.6 Å². The zero-order valence-electron chi connectivity index (χ0n) is 14.4. The number of hydrogen-bond donors (Lipinski definition) is 3. The number of carbonyl (C=O) groups excluding carboxylic acids is 2. The summed E-state index contributed by atoms with van der Waals surface area (Å²) in [5, 5.41) is 9.14. The SMILES string of the molecule is O=C(Nc1cccc(Cl)c1)NC1(C(=O)Nc2ccccc2)CCCCC1. The Bertz CT molecular complexity index is 774. The number of benzene rings is 2. The van der Waals surface area contributed by atoms with Gasteiger partial charge in [-0.2, -0.15) is 0 Å². The molecule has 0 bridgehead atoms. The van der Waals surface area contributed by atoms with Crippen molar-refractivity contribution in [3.8, 4) is 0 Å². The molecule has 1 saturated carbocycles. The van der Waals surface area contributed by atoms with Gasteiger partial charge >= 0.3 is 6.03 Å². The van der Waals surface area contributed by atoms with Crippen molar-refractivity contribution in [1.82, 2.24) is 5.32 Å². The quantitative estimate of drug-likeness (QED) is 0.722. The number of urea groups is 1. The Balaban J connectivity index is 1.72. The second kappa shape index (κ2) is 8.23. The van der Waals surface area contributed by atoms with Crippen LogP contribution in [0.3, 0.4) is 0 Å². The van der Waals surface area contributed by atoms with Crippen molar-refractivity contribution < 1.29 is 9.59 Å². The van der Waals surface area contributed by atoms with E-state index in [1.54, 1.807) is 24.3 Å². The summed E-state index contributed by atoms with van der Waals surface area (Å²) in [6.45, 7) is 0. The maximum Gasteiger partial charge on any atom is 0.320 e. The molecule has 1 fully saturated rings. The lowest BCUT2D eigenvalue weighted by atomic mass is 9.81. The van der Waals surface area contributed by atoms with Gasteiger partial charge in [0.1, 0.15) is 5.54 Å². The number of amides is 3. The van der Waals surface area contributed by atoms with Crippen molar-refractivity contribution in [2.45, 2.75) is 37.6 Å². The van der Waals surface area contributed by atoms with Crippen LogP contribution in [-0.4, -0.2) is 17.5 Å². The van der Waals surface area contributed by atoms with Crippen LogP contribution < -0.4 is 16.0 Å². The lowest BCUT2D eigenvalue weighted by molar-refractivity contribution is -0.123. The molecule has 0 unspecified atom stereocenters. The van der Waals surface area contributed by atoms with Crippen LogP contribution in [0.1, 0.15) is 32.1 Å². The highest BCUT2D eigenvalue weighted by Gasteiger charge is 2.41. The first-order valence-electron chi connectivity index (χ1n) is 8.79. The van der Waals surface area contributed by atoms with Crippen LogP contribution in [-0.2, 0) is 4.79 Å². The number of anilines is 2. The molecule has 0 heterocycles. The number of rotatable bonds is 4. The van der Waals surface area contributed by atoms with E-state index >= 15 is 0 Å². The molecule has 0 aliphatic heterocycles. The van der Waals surface area contributed by atoms with E-state index in [9.17, 15) is 9.59 Å². The summed E-state index contributed by atoms with van der Waals surface area (Å²) in [6.07, 6.45) is 4.11. The van der Waals surface area contributed by atoms with Gasteiger partial charge in [-0.25, -0.2) is 4.79 Å². The number of hydrogen-bond acceptors (Lipinski definition) is 2. The van der Waals surface area contributed by atoms with Crippen LogP contribution in [0.4, 0.5) is 16.2 Å². The van der Waals surface area contributed by atoms with Crippen molar-refractivity contribution in [1.29, 1.82) is 0 Å². The molecule has 1 aliphatic carbocycles. The van der Waals surface area contributed by atoms with Gasteiger partial charge in [-0.3, -0.25) is 4.79 Å². The minimum absolute atomic E-state index is 0.176. The van der Waals surface area contributed by atoms with E-state index in [1.807, 2.05) is 30.3 Å². The third kappa shape index (κ3) is 4.55. The second-order valence-corrected chi connectivity index (χ2v) is 6.99. The van der Waals surface area contributed by atoms with E-state index in [0.717, 1.165) is 24.9 Å². The summed E-state index contributed by atoms with van der Waals surface area (Å²) >= 11 is 5.95. The highest BCUT2D eigenvalue weighted by Crippen LogP contribution is 2.30. The zero-order chi connectivity index (χ0) is 18.4. The first kappa shape index (κ1) is 18.3. The van der Waals surface area contributed by atoms with Gasteiger partial charge in [0.15, 0.2) is 0 Å². The fraction of sp³-hybridized carbons (Fsp3) is 0.300. The molecule has 1 aliphatic rings. The molecule has 2 aromatic carbocycles. The van der Waals surface area contributed by atoms with Crippen LogP contribution in [0.15, 0.2) is 54.6 Å². The van der Waals surface area contributed by atoms with Crippen molar-refractivity contribution >= 4 is 34.9 Å². The van der Waals surface area contributed by atoms with Gasteiger partial charge in [-0.15, -0.1) is 0 Å². The first-order chi connectivity index (χ1) is 12.6. The zero-order valence-corrected chi connectivity index (χ0v) is 15.2. The van der Waals surface area contributed by atoms with Gasteiger partial charge < -0.3 is 16.0 Å². The maximum absolute atomic E-state index is 13.0. The molecular weight excluding hydrogens is 350 g/mol. The first-order valence-corrected chi connectivity index (χ1v) is 9.16. The topological polar surface area (TPSA) is 70.2 Å². The maximum atomic E-state index is 13.0. The average molecular weight is 372 g/mol. The third-order valence-corrected chi connectivity index (χ3v) is 4.84. The van der Waals surface area contributed by atoms with Crippen LogP contribution in [0.5, 0.6) is 0 Å². The molecular formula is C20H22ClN3O2. The highest BCUT2D eigenvalue weighted by molar-refractivity contribution is 6.30. The Morgan fingerprint density at radius 3 is 2.23 bits per heavy atom. The van der Waals surface area contributed by atoms with Crippen LogP contribution >= 0.6 is 11.6 Å². The van der Waals surface area contributed by atoms with E-state index < -0.39 is 11.6 Å². The molecule has 3 amide bonds. The largest absolute Gasteiger partial charge is 0.324 e. The lowest BCUT2D eigenvalue weighted by Gasteiger charge is -2.36.